The molecule has 10 aromatic rings. The van der Waals surface area contributed by atoms with Crippen molar-refractivity contribution in [1.82, 2.24) is 14.5 Å². The molecule has 0 spiro atoms. The summed E-state index contributed by atoms with van der Waals surface area (Å²) in [6.45, 7) is 13.7. The Morgan fingerprint density at radius 1 is 0.639 bits per heavy atom. The van der Waals surface area contributed by atoms with Crippen molar-refractivity contribution in [2.45, 2.75) is 45.8 Å². The number of nitrogens with zero attached hydrogens (tertiary/aromatic N) is 3. The Hall–Kier alpha value is -6.17. The molecule has 10 rings (SSSR count). The molecule has 0 aliphatic heterocycles. The Labute approximate surface area is 373 Å². The molecule has 7 aromatic carbocycles. The van der Waals surface area contributed by atoms with Crippen molar-refractivity contribution in [1.29, 1.82) is 0 Å². The smallest absolute Gasteiger partial charge is 0.120 e. The molecule has 0 saturated carbocycles. The normalized spacial score (nSPS) is 11.6. The van der Waals surface area contributed by atoms with E-state index >= 15 is 0 Å². The minimum Gasteiger partial charge on any atom is -0.501 e. The average Bonchev–Trinajstić information content (AvgIpc) is 3.86. The maximum atomic E-state index is 6.43. The van der Waals surface area contributed by atoms with Crippen LogP contribution in [-0.2, 0) is 25.5 Å². The average molecular weight is 986 g/mol. The van der Waals surface area contributed by atoms with Crippen LogP contribution in [0.5, 0.6) is 0 Å². The minimum atomic E-state index is -1.26. The van der Waals surface area contributed by atoms with Crippen LogP contribution in [-0.4, -0.2) is 22.6 Å². The predicted molar refractivity (Wildman–Crippen MR) is 254 cm³/mol. The standard InChI is InChI=1S/C37H23N2O.C18H24NSi.Ir/c1-3-12-25(13-4-1)27-22-23-33(31(24-27)26-14-5-2-6-15-26)39-34-20-9-8-19-32(34)38-37(39)30-18-11-17-29-28-16-7-10-21-35(28)40-36(29)30;1-18(2,3)15-9-7-14(8-10-15)17-12-11-16(13-19-17)20(4,5)6;/h1-17,19-24H;7,9-13H,1-6H3;/q2*-1;. The number of pyridine rings is 1. The fraction of sp³-hybridized carbons (Fsp3) is 0.127. The fourth-order valence-electron chi connectivity index (χ4n) is 7.73. The van der Waals surface area contributed by atoms with Gasteiger partial charge in [-0.25, -0.2) is 0 Å². The van der Waals surface area contributed by atoms with Crippen molar-refractivity contribution in [2.75, 3.05) is 0 Å². The molecular weight excluding hydrogens is 939 g/mol. The van der Waals surface area contributed by atoms with Gasteiger partial charge >= 0.3 is 0 Å². The van der Waals surface area contributed by atoms with E-state index in [1.54, 1.807) is 0 Å². The third kappa shape index (κ3) is 8.45. The molecule has 0 amide bonds. The van der Waals surface area contributed by atoms with Crippen molar-refractivity contribution >= 4 is 46.2 Å². The molecule has 3 heterocycles. The number of para-hydroxylation sites is 3. The summed E-state index contributed by atoms with van der Waals surface area (Å²) < 4.78 is 8.69. The third-order valence-electron chi connectivity index (χ3n) is 11.1. The van der Waals surface area contributed by atoms with E-state index in [2.05, 4.69) is 202 Å². The second kappa shape index (κ2) is 17.1. The zero-order valence-corrected chi connectivity index (χ0v) is 38.7. The van der Waals surface area contributed by atoms with Gasteiger partial charge in [-0.15, -0.1) is 53.6 Å². The molecule has 6 heteroatoms. The maximum absolute atomic E-state index is 6.43. The molecule has 0 bridgehead atoms. The zero-order chi connectivity index (χ0) is 41.4. The van der Waals surface area contributed by atoms with E-state index in [0.717, 1.165) is 72.4 Å². The summed E-state index contributed by atoms with van der Waals surface area (Å²) >= 11 is 0. The number of rotatable bonds is 6. The second-order valence-corrected chi connectivity index (χ2v) is 22.4. The monoisotopic (exact) mass is 986 g/mol. The van der Waals surface area contributed by atoms with E-state index in [0.29, 0.717) is 0 Å². The van der Waals surface area contributed by atoms with E-state index < -0.39 is 8.07 Å². The van der Waals surface area contributed by atoms with E-state index in [4.69, 9.17) is 9.40 Å². The Bertz CT molecular complexity index is 3030. The number of fused-ring (bicyclic) bond motifs is 4. The summed E-state index contributed by atoms with van der Waals surface area (Å²) in [5, 5.41) is 3.55. The van der Waals surface area contributed by atoms with E-state index in [-0.39, 0.29) is 25.5 Å². The largest absolute Gasteiger partial charge is 0.501 e. The van der Waals surface area contributed by atoms with Gasteiger partial charge in [0.2, 0.25) is 0 Å². The van der Waals surface area contributed by atoms with Gasteiger partial charge in [-0.3, -0.25) is 4.98 Å². The first-order chi connectivity index (χ1) is 29.0. The van der Waals surface area contributed by atoms with Gasteiger partial charge in [-0.05, 0) is 63.3 Å². The van der Waals surface area contributed by atoms with Gasteiger partial charge in [0.1, 0.15) is 5.58 Å². The molecule has 303 valence electrons. The van der Waals surface area contributed by atoms with E-state index in [1.165, 1.54) is 21.9 Å². The molecule has 0 aliphatic rings. The first-order valence-corrected chi connectivity index (χ1v) is 24.1. The second-order valence-electron chi connectivity index (χ2n) is 17.3. The number of furan rings is 1. The molecule has 0 fully saturated rings. The summed E-state index contributed by atoms with van der Waals surface area (Å²) in [4.78, 5) is 9.78. The predicted octanol–water partition coefficient (Wildman–Crippen LogP) is 14.1. The molecule has 4 nitrogen and oxygen atoms in total. The molecule has 0 N–H and O–H groups in total. The van der Waals surface area contributed by atoms with Crippen molar-refractivity contribution in [3.8, 4) is 50.6 Å². The molecule has 0 unspecified atom stereocenters. The molecule has 0 saturated heterocycles. The Kier molecular flexibility index (Phi) is 11.6. The van der Waals surface area contributed by atoms with Crippen molar-refractivity contribution in [3.63, 3.8) is 0 Å². The van der Waals surface area contributed by atoms with Gasteiger partial charge < -0.3 is 14.0 Å². The third-order valence-corrected chi connectivity index (χ3v) is 13.2. The number of hydrogen-bond donors (Lipinski definition) is 0. The van der Waals surface area contributed by atoms with Crippen molar-refractivity contribution in [3.05, 3.63) is 194 Å². The number of imidazole rings is 1. The summed E-state index contributed by atoms with van der Waals surface area (Å²) in [6.07, 6.45) is 2.03. The van der Waals surface area contributed by atoms with Crippen LogP contribution in [0.3, 0.4) is 0 Å². The van der Waals surface area contributed by atoms with Gasteiger partial charge in [0, 0.05) is 42.9 Å². The summed E-state index contributed by atoms with van der Waals surface area (Å²) in [5.41, 5.74) is 13.7. The van der Waals surface area contributed by atoms with Crippen LogP contribution in [0, 0.1) is 12.1 Å². The van der Waals surface area contributed by atoms with Crippen LogP contribution in [0.15, 0.2) is 180 Å². The van der Waals surface area contributed by atoms with Crippen LogP contribution in [0.4, 0.5) is 0 Å². The summed E-state index contributed by atoms with van der Waals surface area (Å²) in [7, 11) is -1.26. The van der Waals surface area contributed by atoms with Gasteiger partial charge in [0.25, 0.3) is 0 Å². The molecule has 61 heavy (non-hydrogen) atoms. The Morgan fingerprint density at radius 3 is 2.03 bits per heavy atom. The fourth-order valence-corrected chi connectivity index (χ4v) is 8.77. The molecule has 0 atom stereocenters. The number of hydrogen-bond acceptors (Lipinski definition) is 3. The SMILES string of the molecule is CC(C)(C)c1c[c-]c(-c2ccc([Si](C)(C)C)cn2)cc1.[Ir].[c-]1ccc2c(oc3ccccc32)c1-c1nc2ccccc2n1-c1ccc(-c2ccccc2)cc1-c1ccccc1. The van der Waals surface area contributed by atoms with E-state index in [1.807, 2.05) is 36.5 Å². The van der Waals surface area contributed by atoms with Crippen LogP contribution < -0.4 is 5.19 Å². The minimum absolute atomic E-state index is 0. The van der Waals surface area contributed by atoms with Crippen LogP contribution in [0.25, 0.3) is 83.6 Å². The van der Waals surface area contributed by atoms with Gasteiger partial charge in [0.15, 0.2) is 0 Å². The quantitative estimate of drug-likeness (QED) is 0.123. The Balaban J connectivity index is 0.000000208. The van der Waals surface area contributed by atoms with Gasteiger partial charge in [0.05, 0.1) is 30.5 Å². The first kappa shape index (κ1) is 41.6. The topological polar surface area (TPSA) is 43.9 Å². The summed E-state index contributed by atoms with van der Waals surface area (Å²) in [6, 6.07) is 65.8. The zero-order valence-electron chi connectivity index (χ0n) is 35.3. The van der Waals surface area contributed by atoms with Crippen molar-refractivity contribution < 1.29 is 24.5 Å². The molecule has 0 aliphatic carbocycles. The first-order valence-electron chi connectivity index (χ1n) is 20.6. The van der Waals surface area contributed by atoms with Crippen LogP contribution >= 0.6 is 0 Å². The maximum Gasteiger partial charge on any atom is 0.120 e. The van der Waals surface area contributed by atoms with Gasteiger partial charge in [-0.2, -0.15) is 0 Å². The Morgan fingerprint density at radius 2 is 1.34 bits per heavy atom. The van der Waals surface area contributed by atoms with E-state index in [9.17, 15) is 0 Å². The van der Waals surface area contributed by atoms with Crippen LogP contribution in [0.2, 0.25) is 19.6 Å². The number of aromatic nitrogens is 3. The molecule has 3 aromatic heterocycles. The number of benzene rings is 7. The van der Waals surface area contributed by atoms with Crippen molar-refractivity contribution in [2.24, 2.45) is 0 Å². The molecule has 1 radical (unpaired) electrons. The molecular formula is C55H47IrN3OSi-2. The summed E-state index contributed by atoms with van der Waals surface area (Å²) in [5.74, 6) is 0.801. The van der Waals surface area contributed by atoms with Crippen LogP contribution in [0.1, 0.15) is 26.3 Å². The van der Waals surface area contributed by atoms with Gasteiger partial charge in [-0.1, -0.05) is 161 Å².